The number of halogens is 1. The molecule has 1 saturated heterocycles. The van der Waals surface area contributed by atoms with Crippen LogP contribution in [0.25, 0.3) is 6.08 Å². The van der Waals surface area contributed by atoms with Crippen molar-refractivity contribution < 1.29 is 18.4 Å². The fourth-order valence-corrected chi connectivity index (χ4v) is 5.04. The van der Waals surface area contributed by atoms with Crippen LogP contribution in [0.2, 0.25) is 5.02 Å². The van der Waals surface area contributed by atoms with Crippen LogP contribution >= 0.6 is 11.6 Å². The lowest BCUT2D eigenvalue weighted by molar-refractivity contribution is -0.134. The predicted molar refractivity (Wildman–Crippen MR) is 102 cm³/mol. The summed E-state index contributed by atoms with van der Waals surface area (Å²) in [6.07, 6.45) is 3.37. The van der Waals surface area contributed by atoms with Crippen molar-refractivity contribution in [1.82, 2.24) is 9.79 Å². The van der Waals surface area contributed by atoms with E-state index < -0.39 is 21.8 Å². The van der Waals surface area contributed by atoms with Gasteiger partial charge in [0.25, 0.3) is 0 Å². The summed E-state index contributed by atoms with van der Waals surface area (Å²) in [4.78, 5) is 11.7. The molecule has 1 aromatic rings. The smallest absolute Gasteiger partial charge is 0.247 e. The number of benzene rings is 1. The molecule has 144 valence electrons. The standard InChI is InChI=1S/C18H25ClN2O4S/c1-13(2)17(18(22)20-23)12-26(24,25)21-9-7-15(8-10-21)11-14-3-5-16(19)6-4-14/h3-6,11,13,17,23H,7-10,12H2,1-2H3,(H,20,22). The van der Waals surface area contributed by atoms with Crippen molar-refractivity contribution in [2.75, 3.05) is 18.8 Å². The Labute approximate surface area is 159 Å². The molecule has 1 atom stereocenters. The number of rotatable bonds is 6. The van der Waals surface area contributed by atoms with Crippen molar-refractivity contribution in [2.45, 2.75) is 26.7 Å². The van der Waals surface area contributed by atoms with Gasteiger partial charge >= 0.3 is 0 Å². The zero-order valence-corrected chi connectivity index (χ0v) is 16.6. The van der Waals surface area contributed by atoms with Crippen molar-refractivity contribution in [1.29, 1.82) is 0 Å². The minimum atomic E-state index is -3.57. The number of hydrogen-bond acceptors (Lipinski definition) is 4. The van der Waals surface area contributed by atoms with Gasteiger partial charge in [0.2, 0.25) is 15.9 Å². The molecule has 1 aromatic carbocycles. The molecule has 1 heterocycles. The zero-order chi connectivity index (χ0) is 19.3. The van der Waals surface area contributed by atoms with Crippen molar-refractivity contribution in [3.05, 3.63) is 40.4 Å². The van der Waals surface area contributed by atoms with Gasteiger partial charge in [0, 0.05) is 18.1 Å². The maximum Gasteiger partial charge on any atom is 0.247 e. The molecule has 6 nitrogen and oxygen atoms in total. The maximum atomic E-state index is 12.7. The Morgan fingerprint density at radius 3 is 2.35 bits per heavy atom. The highest BCUT2D eigenvalue weighted by atomic mass is 35.5. The SMILES string of the molecule is CC(C)C(CS(=O)(=O)N1CCC(=Cc2ccc(Cl)cc2)CC1)C(=O)NO. The van der Waals surface area contributed by atoms with Crippen LogP contribution in [0, 0.1) is 11.8 Å². The second-order valence-corrected chi connectivity index (χ2v) is 9.31. The summed E-state index contributed by atoms with van der Waals surface area (Å²) < 4.78 is 26.7. The second kappa shape index (κ2) is 8.99. The fraction of sp³-hybridized carbons (Fsp3) is 0.500. The fourth-order valence-electron chi connectivity index (χ4n) is 2.98. The van der Waals surface area contributed by atoms with Gasteiger partial charge in [0.1, 0.15) is 0 Å². The van der Waals surface area contributed by atoms with Gasteiger partial charge in [-0.2, -0.15) is 0 Å². The average Bonchev–Trinajstić information content (AvgIpc) is 2.61. The second-order valence-electron chi connectivity index (χ2n) is 6.86. The molecule has 2 rings (SSSR count). The summed E-state index contributed by atoms with van der Waals surface area (Å²) in [7, 11) is -3.57. The number of hydrogen-bond donors (Lipinski definition) is 2. The van der Waals surface area contributed by atoms with Gasteiger partial charge in [-0.05, 0) is 36.5 Å². The predicted octanol–water partition coefficient (Wildman–Crippen LogP) is 2.93. The van der Waals surface area contributed by atoms with Crippen LogP contribution in [-0.4, -0.2) is 42.7 Å². The summed E-state index contributed by atoms with van der Waals surface area (Å²) in [5.74, 6) is -1.94. The van der Waals surface area contributed by atoms with E-state index in [0.717, 1.165) is 5.56 Å². The number of carbonyl (C=O) groups excluding carboxylic acids is 1. The lowest BCUT2D eigenvalue weighted by atomic mass is 9.97. The molecule has 1 aliphatic heterocycles. The van der Waals surface area contributed by atoms with Crippen LogP contribution in [0.5, 0.6) is 0 Å². The van der Waals surface area contributed by atoms with Crippen LogP contribution in [0.4, 0.5) is 0 Å². The van der Waals surface area contributed by atoms with E-state index in [-0.39, 0.29) is 11.7 Å². The lowest BCUT2D eigenvalue weighted by Gasteiger charge is -2.29. The van der Waals surface area contributed by atoms with Gasteiger partial charge in [-0.1, -0.05) is 49.2 Å². The molecule has 1 fully saturated rings. The highest BCUT2D eigenvalue weighted by Gasteiger charge is 2.33. The third-order valence-corrected chi connectivity index (χ3v) is 6.82. The number of nitrogens with zero attached hydrogens (tertiary/aromatic N) is 1. The Morgan fingerprint density at radius 1 is 1.27 bits per heavy atom. The molecule has 0 spiro atoms. The van der Waals surface area contributed by atoms with E-state index in [2.05, 4.69) is 6.08 Å². The van der Waals surface area contributed by atoms with E-state index in [0.29, 0.717) is 31.0 Å². The Hall–Kier alpha value is -1.41. The molecule has 8 heteroatoms. The molecule has 0 aromatic heterocycles. The molecule has 1 aliphatic rings. The lowest BCUT2D eigenvalue weighted by Crippen LogP contribution is -2.43. The largest absolute Gasteiger partial charge is 0.289 e. The van der Waals surface area contributed by atoms with E-state index in [1.54, 1.807) is 19.3 Å². The minimum Gasteiger partial charge on any atom is -0.289 e. The normalized spacial score (nSPS) is 17.2. The third-order valence-electron chi connectivity index (χ3n) is 4.64. The summed E-state index contributed by atoms with van der Waals surface area (Å²) in [5, 5.41) is 9.51. The molecule has 2 N–H and O–H groups in total. The highest BCUT2D eigenvalue weighted by Crippen LogP contribution is 2.24. The Balaban J connectivity index is 2.01. The first-order chi connectivity index (χ1) is 12.2. The Morgan fingerprint density at radius 2 is 1.85 bits per heavy atom. The van der Waals surface area contributed by atoms with E-state index in [1.165, 1.54) is 9.88 Å². The van der Waals surface area contributed by atoms with E-state index in [1.807, 2.05) is 24.3 Å². The number of sulfonamides is 1. The molecule has 0 saturated carbocycles. The van der Waals surface area contributed by atoms with Crippen LogP contribution in [0.1, 0.15) is 32.3 Å². The average molecular weight is 401 g/mol. The van der Waals surface area contributed by atoms with E-state index in [9.17, 15) is 13.2 Å². The van der Waals surface area contributed by atoms with Crippen LogP contribution in [0.3, 0.4) is 0 Å². The number of carbonyl (C=O) groups is 1. The molecule has 0 radical (unpaired) electrons. The summed E-state index contributed by atoms with van der Waals surface area (Å²) in [6, 6.07) is 7.51. The summed E-state index contributed by atoms with van der Waals surface area (Å²) in [5.41, 5.74) is 3.80. The molecule has 1 amide bonds. The Bertz CT molecular complexity index is 750. The molecule has 0 aliphatic carbocycles. The van der Waals surface area contributed by atoms with Gasteiger partial charge in [0.05, 0.1) is 11.7 Å². The van der Waals surface area contributed by atoms with Gasteiger partial charge in [0.15, 0.2) is 0 Å². The first-order valence-electron chi connectivity index (χ1n) is 8.59. The number of piperidine rings is 1. The summed E-state index contributed by atoms with van der Waals surface area (Å²) in [6.45, 7) is 4.32. The Kier molecular flexibility index (Phi) is 7.23. The first-order valence-corrected chi connectivity index (χ1v) is 10.6. The summed E-state index contributed by atoms with van der Waals surface area (Å²) >= 11 is 5.88. The van der Waals surface area contributed by atoms with Crippen LogP contribution in [-0.2, 0) is 14.8 Å². The van der Waals surface area contributed by atoms with E-state index >= 15 is 0 Å². The minimum absolute atomic E-state index is 0.193. The van der Waals surface area contributed by atoms with Gasteiger partial charge in [-0.15, -0.1) is 0 Å². The van der Waals surface area contributed by atoms with Gasteiger partial charge in [-0.25, -0.2) is 18.2 Å². The monoisotopic (exact) mass is 400 g/mol. The third kappa shape index (κ3) is 5.54. The molecular formula is C18H25ClN2O4S. The van der Waals surface area contributed by atoms with Crippen molar-refractivity contribution in [3.8, 4) is 0 Å². The maximum absolute atomic E-state index is 12.7. The van der Waals surface area contributed by atoms with Crippen LogP contribution in [0.15, 0.2) is 29.8 Å². The van der Waals surface area contributed by atoms with Crippen molar-refractivity contribution in [2.24, 2.45) is 11.8 Å². The van der Waals surface area contributed by atoms with Crippen molar-refractivity contribution in [3.63, 3.8) is 0 Å². The zero-order valence-electron chi connectivity index (χ0n) is 15.0. The first kappa shape index (κ1) is 20.9. The highest BCUT2D eigenvalue weighted by molar-refractivity contribution is 7.89. The molecule has 1 unspecified atom stereocenters. The molecule has 26 heavy (non-hydrogen) atoms. The van der Waals surface area contributed by atoms with E-state index in [4.69, 9.17) is 16.8 Å². The topological polar surface area (TPSA) is 86.7 Å². The van der Waals surface area contributed by atoms with Gasteiger partial charge < -0.3 is 0 Å². The number of hydroxylamine groups is 1. The quantitative estimate of drug-likeness (QED) is 0.567. The molecular weight excluding hydrogens is 376 g/mol. The molecule has 0 bridgehead atoms. The van der Waals surface area contributed by atoms with Gasteiger partial charge in [-0.3, -0.25) is 10.0 Å². The number of amides is 1. The number of nitrogens with one attached hydrogen (secondary N) is 1. The van der Waals surface area contributed by atoms with Crippen molar-refractivity contribution >= 4 is 33.6 Å². The van der Waals surface area contributed by atoms with Crippen LogP contribution < -0.4 is 5.48 Å².